The summed E-state index contributed by atoms with van der Waals surface area (Å²) >= 11 is 1.74. The number of rotatable bonds is 6. The third-order valence-electron chi connectivity index (χ3n) is 6.57. The van der Waals surface area contributed by atoms with Crippen LogP contribution in [0, 0.1) is 5.92 Å². The molecule has 2 amide bonds. The minimum absolute atomic E-state index is 0.104. The van der Waals surface area contributed by atoms with Crippen molar-refractivity contribution in [2.45, 2.75) is 35.8 Å². The molecule has 13 heteroatoms. The van der Waals surface area contributed by atoms with E-state index in [1.54, 1.807) is 31.2 Å². The first-order valence-electron chi connectivity index (χ1n) is 11.8. The topological polar surface area (TPSA) is 94.9 Å². The number of thiazole rings is 1. The first-order chi connectivity index (χ1) is 18.6. The lowest BCUT2D eigenvalue weighted by atomic mass is 9.83. The maximum absolute atomic E-state index is 13.8. The van der Waals surface area contributed by atoms with Crippen LogP contribution in [0.25, 0.3) is 0 Å². The number of fused-ring (bicyclic) bond motifs is 2. The smallest absolute Gasteiger partial charge is 0.418 e. The molecule has 8 nitrogen and oxygen atoms in total. The van der Waals surface area contributed by atoms with Crippen molar-refractivity contribution in [3.05, 3.63) is 74.2 Å². The molecule has 5 rings (SSSR count). The summed E-state index contributed by atoms with van der Waals surface area (Å²) in [7, 11) is 1.48. The highest BCUT2D eigenvalue weighted by molar-refractivity contribution is 8.00. The molecule has 3 heterocycles. The molecule has 2 unspecified atom stereocenters. The van der Waals surface area contributed by atoms with Gasteiger partial charge < -0.3 is 9.47 Å². The van der Waals surface area contributed by atoms with E-state index in [4.69, 9.17) is 9.47 Å². The molecule has 39 heavy (non-hydrogen) atoms. The van der Waals surface area contributed by atoms with Crippen molar-refractivity contribution in [2.75, 3.05) is 18.6 Å². The van der Waals surface area contributed by atoms with Gasteiger partial charge in [-0.3, -0.25) is 23.7 Å². The highest BCUT2D eigenvalue weighted by Crippen LogP contribution is 2.54. The molecule has 0 N–H and O–H groups in total. The number of hydrogen-bond acceptors (Lipinski definition) is 8. The number of halogens is 3. The Morgan fingerprint density at radius 3 is 2.36 bits per heavy atom. The summed E-state index contributed by atoms with van der Waals surface area (Å²) in [6.45, 7) is 1.33. The predicted molar refractivity (Wildman–Crippen MR) is 137 cm³/mol. The number of carbonyl (C=O) groups excluding carboxylic acids is 3. The maximum atomic E-state index is 13.8. The first kappa shape index (κ1) is 27.0. The average Bonchev–Trinajstić information content (AvgIpc) is 3.34. The minimum Gasteiger partial charge on any atom is -0.497 e. The van der Waals surface area contributed by atoms with Gasteiger partial charge in [-0.25, -0.2) is 4.90 Å². The van der Waals surface area contributed by atoms with Crippen LogP contribution in [0.5, 0.6) is 5.75 Å². The Morgan fingerprint density at radius 2 is 1.72 bits per heavy atom. The fourth-order valence-corrected chi connectivity index (χ4v) is 7.68. The Hall–Kier alpha value is -3.58. The SMILES string of the molecule is CCOC(=O)Cn1c2c(sc1=O)[C@H](c1ccc(OC)cc1)C1C(=O)N(c3ccccc3C(F)(F)F)C(=O)C1S2. The van der Waals surface area contributed by atoms with Crippen molar-refractivity contribution in [3.63, 3.8) is 0 Å². The number of methoxy groups -OCH3 is 1. The van der Waals surface area contributed by atoms with Crippen LogP contribution in [-0.2, 0) is 31.8 Å². The highest BCUT2D eigenvalue weighted by atomic mass is 32.2. The molecule has 1 fully saturated rings. The van der Waals surface area contributed by atoms with Gasteiger partial charge in [0.05, 0.1) is 35.9 Å². The monoisotopic (exact) mass is 578 g/mol. The standard InChI is InChI=1S/C26H21F3N2O6S2/c1-3-37-17(32)12-30-24-21(39-25(30)35)18(13-8-10-14(36-2)11-9-13)19-20(38-24)23(34)31(22(19)33)16-7-5-4-6-15(16)26(27,28)29/h4-11,18-20H,3,12H2,1-2H3/t18-,19?,20?/m1/s1. The fraction of sp³-hybridized carbons (Fsp3) is 0.308. The zero-order chi connectivity index (χ0) is 28.1. The van der Waals surface area contributed by atoms with Gasteiger partial charge in [0, 0.05) is 10.8 Å². The number of carbonyl (C=O) groups is 3. The van der Waals surface area contributed by atoms with Crippen LogP contribution < -0.4 is 14.5 Å². The third-order valence-corrected chi connectivity index (χ3v) is 9.17. The van der Waals surface area contributed by atoms with Gasteiger partial charge in [0.15, 0.2) is 0 Å². The number of hydrogen-bond donors (Lipinski definition) is 0. The number of thioether (sulfide) groups is 1. The molecular weight excluding hydrogens is 557 g/mol. The molecule has 0 spiro atoms. The first-order valence-corrected chi connectivity index (χ1v) is 13.5. The number of amides is 2. The van der Waals surface area contributed by atoms with Gasteiger partial charge in [0.1, 0.15) is 17.5 Å². The van der Waals surface area contributed by atoms with Crippen LogP contribution in [0.4, 0.5) is 18.9 Å². The average molecular weight is 579 g/mol. The number of para-hydroxylation sites is 1. The lowest BCUT2D eigenvalue weighted by Crippen LogP contribution is -2.33. The van der Waals surface area contributed by atoms with E-state index < -0.39 is 63.7 Å². The molecule has 204 valence electrons. The number of benzene rings is 2. The molecule has 0 radical (unpaired) electrons. The Labute approximate surface area is 228 Å². The fourth-order valence-electron chi connectivity index (χ4n) is 4.91. The molecule has 0 saturated carbocycles. The van der Waals surface area contributed by atoms with E-state index in [1.807, 2.05) is 0 Å². The van der Waals surface area contributed by atoms with Gasteiger partial charge in [-0.1, -0.05) is 47.4 Å². The molecule has 3 aromatic rings. The second-order valence-corrected chi connectivity index (χ2v) is 10.9. The largest absolute Gasteiger partial charge is 0.497 e. The second kappa shape index (κ2) is 10.2. The number of aromatic nitrogens is 1. The van der Waals surface area contributed by atoms with Gasteiger partial charge in [-0.15, -0.1) is 0 Å². The molecule has 0 aliphatic carbocycles. The van der Waals surface area contributed by atoms with E-state index in [1.165, 1.54) is 23.8 Å². The molecule has 1 saturated heterocycles. The normalized spacial score (nSPS) is 20.5. The van der Waals surface area contributed by atoms with Crippen LogP contribution in [0.15, 0.2) is 58.4 Å². The van der Waals surface area contributed by atoms with E-state index in [2.05, 4.69) is 0 Å². The van der Waals surface area contributed by atoms with Gasteiger partial charge in [0.25, 0.3) is 0 Å². The van der Waals surface area contributed by atoms with E-state index in [0.29, 0.717) is 26.1 Å². The predicted octanol–water partition coefficient (Wildman–Crippen LogP) is 4.30. The summed E-state index contributed by atoms with van der Waals surface area (Å²) in [5.41, 5.74) is -1.08. The molecule has 1 aromatic heterocycles. The molecule has 0 bridgehead atoms. The van der Waals surface area contributed by atoms with Crippen LogP contribution in [0.3, 0.4) is 0 Å². The molecule has 3 atom stereocenters. The van der Waals surface area contributed by atoms with Crippen molar-refractivity contribution >= 4 is 46.6 Å². The third kappa shape index (κ3) is 4.63. The zero-order valence-corrected chi connectivity index (χ0v) is 22.2. The Bertz CT molecular complexity index is 1520. The number of anilines is 1. The molecular formula is C26H21F3N2O6S2. The van der Waals surface area contributed by atoms with Crippen LogP contribution in [0.2, 0.25) is 0 Å². The van der Waals surface area contributed by atoms with Gasteiger partial charge in [0.2, 0.25) is 11.8 Å². The summed E-state index contributed by atoms with van der Waals surface area (Å²) in [4.78, 5) is 53.3. The summed E-state index contributed by atoms with van der Waals surface area (Å²) in [6, 6.07) is 11.1. The summed E-state index contributed by atoms with van der Waals surface area (Å²) in [5.74, 6) is -3.64. The van der Waals surface area contributed by atoms with Crippen molar-refractivity contribution in [1.29, 1.82) is 0 Å². The van der Waals surface area contributed by atoms with Crippen molar-refractivity contribution < 1.29 is 37.0 Å². The summed E-state index contributed by atoms with van der Waals surface area (Å²) < 4.78 is 52.9. The quantitative estimate of drug-likeness (QED) is 0.318. The number of ether oxygens (including phenoxy) is 2. The molecule has 2 aliphatic rings. The van der Waals surface area contributed by atoms with Crippen molar-refractivity contribution in [1.82, 2.24) is 4.57 Å². The van der Waals surface area contributed by atoms with E-state index in [9.17, 15) is 32.3 Å². The van der Waals surface area contributed by atoms with Crippen LogP contribution in [0.1, 0.15) is 28.8 Å². The van der Waals surface area contributed by atoms with Crippen molar-refractivity contribution in [2.24, 2.45) is 5.92 Å². The maximum Gasteiger partial charge on any atom is 0.418 e. The van der Waals surface area contributed by atoms with E-state index in [0.717, 1.165) is 35.2 Å². The van der Waals surface area contributed by atoms with Gasteiger partial charge in [-0.05, 0) is 36.8 Å². The molecule has 2 aromatic carbocycles. The molecule has 2 aliphatic heterocycles. The van der Waals surface area contributed by atoms with E-state index in [-0.39, 0.29) is 6.61 Å². The lowest BCUT2D eigenvalue weighted by molar-refractivity contribution is -0.144. The summed E-state index contributed by atoms with van der Waals surface area (Å²) in [5, 5.41) is -0.812. The summed E-state index contributed by atoms with van der Waals surface area (Å²) in [6.07, 6.45) is -4.80. The number of nitrogens with zero attached hydrogens (tertiary/aromatic N) is 2. The van der Waals surface area contributed by atoms with Crippen LogP contribution in [-0.4, -0.2) is 41.3 Å². The number of imide groups is 1. The zero-order valence-electron chi connectivity index (χ0n) is 20.6. The highest BCUT2D eigenvalue weighted by Gasteiger charge is 2.57. The Kier molecular flexibility index (Phi) is 7.06. The lowest BCUT2D eigenvalue weighted by Gasteiger charge is -2.30. The van der Waals surface area contributed by atoms with Crippen LogP contribution >= 0.6 is 23.1 Å². The number of esters is 1. The van der Waals surface area contributed by atoms with E-state index >= 15 is 0 Å². The number of alkyl halides is 3. The van der Waals surface area contributed by atoms with Crippen molar-refractivity contribution in [3.8, 4) is 5.75 Å². The Morgan fingerprint density at radius 1 is 1.03 bits per heavy atom. The van der Waals surface area contributed by atoms with Gasteiger partial charge >= 0.3 is 17.0 Å². The minimum atomic E-state index is -4.80. The second-order valence-electron chi connectivity index (χ2n) is 8.77. The van der Waals surface area contributed by atoms with Gasteiger partial charge in [-0.2, -0.15) is 13.2 Å². The Balaban J connectivity index is 1.66.